The highest BCUT2D eigenvalue weighted by molar-refractivity contribution is 6.02. The van der Waals surface area contributed by atoms with E-state index >= 15 is 0 Å². The highest BCUT2D eigenvalue weighted by atomic mass is 16.5. The van der Waals surface area contributed by atoms with Gasteiger partial charge in [0, 0.05) is 26.7 Å². The minimum absolute atomic E-state index is 0.0728. The predicted octanol–water partition coefficient (Wildman–Crippen LogP) is 0.684. The standard InChI is InChI=1S/C12H23N5O2/c1-8(2)17(6-7-19-5)12-10(11(13)15-18)9(3)14-16(12)4/h8,18H,6-7H2,1-5H3,(H2,13,15). The molecule has 7 nitrogen and oxygen atoms in total. The Bertz CT molecular complexity index is 453. The minimum Gasteiger partial charge on any atom is -0.409 e. The lowest BCUT2D eigenvalue weighted by atomic mass is 10.2. The van der Waals surface area contributed by atoms with Gasteiger partial charge in [-0.05, 0) is 20.8 Å². The fraction of sp³-hybridized carbons (Fsp3) is 0.667. The first-order valence-electron chi connectivity index (χ1n) is 6.21. The number of oxime groups is 1. The van der Waals surface area contributed by atoms with E-state index in [1.54, 1.807) is 11.8 Å². The van der Waals surface area contributed by atoms with E-state index in [1.165, 1.54) is 0 Å². The first-order valence-corrected chi connectivity index (χ1v) is 6.21. The van der Waals surface area contributed by atoms with Gasteiger partial charge in [-0.25, -0.2) is 0 Å². The topological polar surface area (TPSA) is 88.9 Å². The smallest absolute Gasteiger partial charge is 0.175 e. The van der Waals surface area contributed by atoms with E-state index in [9.17, 15) is 0 Å². The lowest BCUT2D eigenvalue weighted by Gasteiger charge is -2.29. The Morgan fingerprint density at radius 2 is 2.21 bits per heavy atom. The number of hydrogen-bond donors (Lipinski definition) is 2. The Labute approximate surface area is 113 Å². The molecule has 108 valence electrons. The Morgan fingerprint density at radius 3 is 2.68 bits per heavy atom. The Hall–Kier alpha value is -1.76. The summed E-state index contributed by atoms with van der Waals surface area (Å²) < 4.78 is 6.88. The van der Waals surface area contributed by atoms with Crippen LogP contribution in [0.3, 0.4) is 0 Å². The monoisotopic (exact) mass is 269 g/mol. The first-order chi connectivity index (χ1) is 8.93. The average Bonchev–Trinajstić information content (AvgIpc) is 2.64. The van der Waals surface area contributed by atoms with Gasteiger partial charge in [-0.15, -0.1) is 0 Å². The Balaban J connectivity index is 3.29. The molecule has 0 bridgehead atoms. The molecule has 0 aliphatic rings. The quantitative estimate of drug-likeness (QED) is 0.343. The van der Waals surface area contributed by atoms with Crippen molar-refractivity contribution in [2.75, 3.05) is 25.2 Å². The molecule has 1 aromatic heterocycles. The van der Waals surface area contributed by atoms with Gasteiger partial charge in [0.2, 0.25) is 0 Å². The van der Waals surface area contributed by atoms with Crippen molar-refractivity contribution < 1.29 is 9.94 Å². The van der Waals surface area contributed by atoms with Crippen LogP contribution in [0.25, 0.3) is 0 Å². The van der Waals surface area contributed by atoms with Gasteiger partial charge in [-0.1, -0.05) is 5.16 Å². The lowest BCUT2D eigenvalue weighted by molar-refractivity contribution is 0.203. The number of anilines is 1. The summed E-state index contributed by atoms with van der Waals surface area (Å²) in [6.07, 6.45) is 0. The van der Waals surface area contributed by atoms with E-state index in [2.05, 4.69) is 29.0 Å². The molecule has 1 aromatic rings. The maximum atomic E-state index is 8.93. The summed E-state index contributed by atoms with van der Waals surface area (Å²) in [7, 11) is 3.51. The average molecular weight is 269 g/mol. The molecule has 3 N–H and O–H groups in total. The molecule has 1 heterocycles. The van der Waals surface area contributed by atoms with Crippen molar-refractivity contribution in [2.24, 2.45) is 17.9 Å². The van der Waals surface area contributed by atoms with Crippen LogP contribution in [-0.2, 0) is 11.8 Å². The largest absolute Gasteiger partial charge is 0.409 e. The molecule has 0 saturated heterocycles. The fourth-order valence-electron chi connectivity index (χ4n) is 2.12. The van der Waals surface area contributed by atoms with E-state index < -0.39 is 0 Å². The number of aryl methyl sites for hydroxylation is 2. The molecule has 0 fully saturated rings. The third-order valence-corrected chi connectivity index (χ3v) is 2.99. The van der Waals surface area contributed by atoms with Crippen LogP contribution in [0.5, 0.6) is 0 Å². The molecule has 0 saturated carbocycles. The zero-order chi connectivity index (χ0) is 14.6. The van der Waals surface area contributed by atoms with E-state index in [0.29, 0.717) is 18.7 Å². The molecule has 0 radical (unpaired) electrons. The van der Waals surface area contributed by atoms with Crippen molar-refractivity contribution in [3.05, 3.63) is 11.3 Å². The van der Waals surface area contributed by atoms with Gasteiger partial charge < -0.3 is 20.6 Å². The van der Waals surface area contributed by atoms with Crippen molar-refractivity contribution in [1.82, 2.24) is 9.78 Å². The third-order valence-electron chi connectivity index (χ3n) is 2.99. The molecule has 19 heavy (non-hydrogen) atoms. The molecular weight excluding hydrogens is 246 g/mol. The van der Waals surface area contributed by atoms with Gasteiger partial charge in [-0.2, -0.15) is 5.10 Å². The van der Waals surface area contributed by atoms with Gasteiger partial charge in [0.15, 0.2) is 5.84 Å². The van der Waals surface area contributed by atoms with Crippen molar-refractivity contribution in [2.45, 2.75) is 26.8 Å². The fourth-order valence-corrected chi connectivity index (χ4v) is 2.12. The molecular formula is C12H23N5O2. The minimum atomic E-state index is 0.0728. The molecule has 0 aliphatic heterocycles. The number of ether oxygens (including phenoxy) is 1. The molecule has 0 aliphatic carbocycles. The number of aromatic nitrogens is 2. The highest BCUT2D eigenvalue weighted by Gasteiger charge is 2.23. The summed E-state index contributed by atoms with van der Waals surface area (Å²) in [5, 5.41) is 16.4. The van der Waals surface area contributed by atoms with Gasteiger partial charge in [0.05, 0.1) is 17.9 Å². The maximum Gasteiger partial charge on any atom is 0.175 e. The summed E-state index contributed by atoms with van der Waals surface area (Å²) in [4.78, 5) is 2.12. The van der Waals surface area contributed by atoms with Gasteiger partial charge in [-0.3, -0.25) is 4.68 Å². The number of hydrogen-bond acceptors (Lipinski definition) is 5. The van der Waals surface area contributed by atoms with Crippen LogP contribution in [-0.4, -0.2) is 47.1 Å². The zero-order valence-corrected chi connectivity index (χ0v) is 12.2. The van der Waals surface area contributed by atoms with Crippen LogP contribution >= 0.6 is 0 Å². The summed E-state index contributed by atoms with van der Waals surface area (Å²) >= 11 is 0. The second kappa shape index (κ2) is 6.42. The van der Waals surface area contributed by atoms with E-state index in [0.717, 1.165) is 11.5 Å². The molecule has 0 spiro atoms. The summed E-state index contributed by atoms with van der Waals surface area (Å²) in [6.45, 7) is 7.30. The lowest BCUT2D eigenvalue weighted by Crippen LogP contribution is -2.37. The molecule has 7 heteroatoms. The predicted molar refractivity (Wildman–Crippen MR) is 74.8 cm³/mol. The highest BCUT2D eigenvalue weighted by Crippen LogP contribution is 2.24. The van der Waals surface area contributed by atoms with Crippen LogP contribution in [0.1, 0.15) is 25.1 Å². The Morgan fingerprint density at radius 1 is 1.58 bits per heavy atom. The summed E-state index contributed by atoms with van der Waals surface area (Å²) in [5.41, 5.74) is 7.16. The number of nitrogens with zero attached hydrogens (tertiary/aromatic N) is 4. The van der Waals surface area contributed by atoms with Crippen molar-refractivity contribution in [1.29, 1.82) is 0 Å². The van der Waals surface area contributed by atoms with E-state index in [-0.39, 0.29) is 11.9 Å². The number of methoxy groups -OCH3 is 1. The van der Waals surface area contributed by atoms with Crippen LogP contribution < -0.4 is 10.6 Å². The second-order valence-electron chi connectivity index (χ2n) is 4.67. The molecule has 0 aromatic carbocycles. The molecule has 1 rings (SSSR count). The van der Waals surface area contributed by atoms with Crippen molar-refractivity contribution >= 4 is 11.7 Å². The normalized spacial score (nSPS) is 12.2. The third kappa shape index (κ3) is 3.17. The van der Waals surface area contributed by atoms with Crippen molar-refractivity contribution in [3.63, 3.8) is 0 Å². The molecule has 0 amide bonds. The van der Waals surface area contributed by atoms with Crippen LogP contribution in [0.2, 0.25) is 0 Å². The van der Waals surface area contributed by atoms with Gasteiger partial charge >= 0.3 is 0 Å². The van der Waals surface area contributed by atoms with E-state index in [4.69, 9.17) is 15.7 Å². The maximum absolute atomic E-state index is 8.93. The van der Waals surface area contributed by atoms with Gasteiger partial charge in [0.25, 0.3) is 0 Å². The summed E-state index contributed by atoms with van der Waals surface area (Å²) in [6, 6.07) is 0.246. The van der Waals surface area contributed by atoms with Crippen LogP contribution in [0.15, 0.2) is 5.16 Å². The SMILES string of the molecule is COCCN(c1c(C(N)=NO)c(C)nn1C)C(C)C. The first kappa shape index (κ1) is 15.3. The van der Waals surface area contributed by atoms with Crippen LogP contribution in [0.4, 0.5) is 5.82 Å². The number of nitrogens with two attached hydrogens (primary N) is 1. The van der Waals surface area contributed by atoms with Crippen molar-refractivity contribution in [3.8, 4) is 0 Å². The number of rotatable bonds is 6. The molecule has 0 atom stereocenters. The zero-order valence-electron chi connectivity index (χ0n) is 12.2. The summed E-state index contributed by atoms with van der Waals surface area (Å²) in [5.74, 6) is 0.906. The second-order valence-corrected chi connectivity index (χ2v) is 4.67. The van der Waals surface area contributed by atoms with Gasteiger partial charge in [0.1, 0.15) is 5.82 Å². The van der Waals surface area contributed by atoms with Crippen LogP contribution in [0, 0.1) is 6.92 Å². The molecule has 0 unspecified atom stereocenters. The number of amidine groups is 1. The Kier molecular flexibility index (Phi) is 5.17. The van der Waals surface area contributed by atoms with E-state index in [1.807, 2.05) is 14.0 Å².